The van der Waals surface area contributed by atoms with Gasteiger partial charge in [-0.25, -0.2) is 4.98 Å². The minimum absolute atomic E-state index is 0.0430. The van der Waals surface area contributed by atoms with E-state index in [1.165, 1.54) is 21.8 Å². The van der Waals surface area contributed by atoms with Crippen LogP contribution in [0.3, 0.4) is 0 Å². The lowest BCUT2D eigenvalue weighted by molar-refractivity contribution is 0.104. The van der Waals surface area contributed by atoms with Crippen molar-refractivity contribution in [1.29, 1.82) is 0 Å². The van der Waals surface area contributed by atoms with Gasteiger partial charge in [-0.3, -0.25) is 4.79 Å². The summed E-state index contributed by atoms with van der Waals surface area (Å²) in [6, 6.07) is 78.9. The zero-order valence-electron chi connectivity index (χ0n) is 34.6. The molecule has 0 unspecified atom stereocenters. The van der Waals surface area contributed by atoms with Crippen molar-refractivity contribution in [2.75, 3.05) is 0 Å². The molecular weight excluding hydrogens is 779 g/mol. The Morgan fingerprint density at radius 3 is 1.39 bits per heavy atom. The van der Waals surface area contributed by atoms with Gasteiger partial charge in [-0.1, -0.05) is 158 Å². The van der Waals surface area contributed by atoms with E-state index in [1.807, 2.05) is 60.7 Å². The number of aromatic nitrogens is 3. The van der Waals surface area contributed by atoms with Gasteiger partial charge in [0.1, 0.15) is 0 Å². The summed E-state index contributed by atoms with van der Waals surface area (Å²) in [5.74, 6) is 0.0430. The van der Waals surface area contributed by atoms with Crippen molar-refractivity contribution in [3.05, 3.63) is 236 Å². The van der Waals surface area contributed by atoms with Gasteiger partial charge in [0, 0.05) is 60.6 Å². The maximum Gasteiger partial charge on any atom is 0.194 e. The van der Waals surface area contributed by atoms with Crippen molar-refractivity contribution < 1.29 is 4.79 Å². The molecule has 64 heavy (non-hydrogen) atoms. The van der Waals surface area contributed by atoms with Crippen LogP contribution in [0.1, 0.15) is 15.9 Å². The number of carbonyl (C=O) groups excluding carboxylic acids is 1. The second-order valence-electron chi connectivity index (χ2n) is 16.6. The fourth-order valence-electron chi connectivity index (χ4n) is 10.2. The van der Waals surface area contributed by atoms with Crippen LogP contribution >= 0.6 is 0 Å². The van der Waals surface area contributed by atoms with Crippen LogP contribution in [0.25, 0.3) is 111 Å². The second kappa shape index (κ2) is 14.2. The van der Waals surface area contributed by atoms with Gasteiger partial charge < -0.3 is 9.13 Å². The maximum absolute atomic E-state index is 14.5. The SMILES string of the molecule is O=C1c2cccc(-c3cc(-c4ccccc4)nc(-c4ccccc4)c3)c2-c2c1cccc2-n1c2ccccc2c2cc(-c3ccc4c(c3)c3ccccc3n4-c3ccccc3)ccc21. The molecular formula is C60H37N3O. The van der Waals surface area contributed by atoms with E-state index in [9.17, 15) is 4.79 Å². The molecule has 13 rings (SSSR count). The van der Waals surface area contributed by atoms with E-state index in [1.54, 1.807) is 0 Å². The quantitative estimate of drug-likeness (QED) is 0.168. The zero-order chi connectivity index (χ0) is 42.3. The smallest absolute Gasteiger partial charge is 0.194 e. The Bertz CT molecular complexity index is 3780. The monoisotopic (exact) mass is 815 g/mol. The molecule has 0 saturated heterocycles. The number of fused-ring (bicyclic) bond motifs is 9. The lowest BCUT2D eigenvalue weighted by Gasteiger charge is -2.17. The fourth-order valence-corrected chi connectivity index (χ4v) is 10.2. The topological polar surface area (TPSA) is 39.8 Å². The summed E-state index contributed by atoms with van der Waals surface area (Å²) in [5.41, 5.74) is 18.2. The Labute approximate surface area is 369 Å². The highest BCUT2D eigenvalue weighted by Crippen LogP contribution is 2.48. The number of hydrogen-bond acceptors (Lipinski definition) is 2. The van der Waals surface area contributed by atoms with Crippen molar-refractivity contribution in [3.8, 4) is 67.3 Å². The lowest BCUT2D eigenvalue weighted by Crippen LogP contribution is -1.99. The molecule has 0 spiro atoms. The van der Waals surface area contributed by atoms with E-state index in [4.69, 9.17) is 4.98 Å². The maximum atomic E-state index is 14.5. The number of rotatable bonds is 6. The van der Waals surface area contributed by atoms with Crippen molar-refractivity contribution in [2.24, 2.45) is 0 Å². The van der Waals surface area contributed by atoms with Crippen molar-refractivity contribution in [2.45, 2.75) is 0 Å². The summed E-state index contributed by atoms with van der Waals surface area (Å²) in [6.07, 6.45) is 0. The third-order valence-corrected chi connectivity index (χ3v) is 13.1. The predicted molar refractivity (Wildman–Crippen MR) is 264 cm³/mol. The average molecular weight is 816 g/mol. The molecule has 4 nitrogen and oxygen atoms in total. The largest absolute Gasteiger partial charge is 0.309 e. The number of para-hydroxylation sites is 3. The van der Waals surface area contributed by atoms with Crippen LogP contribution in [0.5, 0.6) is 0 Å². The van der Waals surface area contributed by atoms with Crippen LogP contribution in [0.2, 0.25) is 0 Å². The van der Waals surface area contributed by atoms with Gasteiger partial charge in [0.2, 0.25) is 0 Å². The van der Waals surface area contributed by atoms with Crippen LogP contribution in [0, 0.1) is 0 Å². The van der Waals surface area contributed by atoms with Gasteiger partial charge in [-0.2, -0.15) is 0 Å². The number of nitrogens with zero attached hydrogens (tertiary/aromatic N) is 3. The number of hydrogen-bond donors (Lipinski definition) is 0. The van der Waals surface area contributed by atoms with E-state index in [0.29, 0.717) is 11.1 Å². The number of carbonyl (C=O) groups is 1. The van der Waals surface area contributed by atoms with E-state index in [0.717, 1.165) is 89.1 Å². The molecule has 0 aliphatic heterocycles. The van der Waals surface area contributed by atoms with Gasteiger partial charge in [-0.05, 0) is 89.0 Å². The fraction of sp³-hybridized carbons (Fsp3) is 0. The minimum atomic E-state index is 0.0430. The zero-order valence-corrected chi connectivity index (χ0v) is 34.6. The Balaban J connectivity index is 1.000. The van der Waals surface area contributed by atoms with Gasteiger partial charge in [0.15, 0.2) is 5.78 Å². The van der Waals surface area contributed by atoms with Crippen LogP contribution in [-0.4, -0.2) is 19.9 Å². The van der Waals surface area contributed by atoms with E-state index in [2.05, 4.69) is 173 Å². The Hall–Kier alpha value is -8.60. The summed E-state index contributed by atoms with van der Waals surface area (Å²) < 4.78 is 4.72. The van der Waals surface area contributed by atoms with Crippen LogP contribution in [0.15, 0.2) is 224 Å². The minimum Gasteiger partial charge on any atom is -0.309 e. The highest BCUT2D eigenvalue weighted by atomic mass is 16.1. The first-order valence-electron chi connectivity index (χ1n) is 21.7. The molecule has 0 N–H and O–H groups in total. The molecule has 298 valence electrons. The molecule has 0 bridgehead atoms. The highest BCUT2D eigenvalue weighted by Gasteiger charge is 2.33. The first-order chi connectivity index (χ1) is 31.7. The Morgan fingerprint density at radius 2 is 0.781 bits per heavy atom. The molecule has 9 aromatic carbocycles. The Kier molecular flexibility index (Phi) is 8.03. The van der Waals surface area contributed by atoms with E-state index in [-0.39, 0.29) is 5.78 Å². The predicted octanol–water partition coefficient (Wildman–Crippen LogP) is 15.2. The van der Waals surface area contributed by atoms with Crippen molar-refractivity contribution in [1.82, 2.24) is 14.1 Å². The number of benzene rings is 9. The molecule has 0 fully saturated rings. The molecule has 0 radical (unpaired) electrons. The second-order valence-corrected chi connectivity index (χ2v) is 16.6. The lowest BCUT2D eigenvalue weighted by atomic mass is 9.92. The van der Waals surface area contributed by atoms with Crippen LogP contribution in [-0.2, 0) is 0 Å². The summed E-state index contributed by atoms with van der Waals surface area (Å²) in [6.45, 7) is 0. The van der Waals surface area contributed by atoms with Crippen LogP contribution < -0.4 is 0 Å². The highest BCUT2D eigenvalue weighted by molar-refractivity contribution is 6.25. The molecule has 3 aromatic heterocycles. The summed E-state index contributed by atoms with van der Waals surface area (Å²) >= 11 is 0. The van der Waals surface area contributed by atoms with E-state index < -0.39 is 0 Å². The van der Waals surface area contributed by atoms with Crippen molar-refractivity contribution in [3.63, 3.8) is 0 Å². The Morgan fingerprint density at radius 1 is 0.312 bits per heavy atom. The van der Waals surface area contributed by atoms with Crippen molar-refractivity contribution >= 4 is 49.4 Å². The molecule has 3 heterocycles. The molecule has 0 amide bonds. The summed E-state index contributed by atoms with van der Waals surface area (Å²) in [7, 11) is 0. The summed E-state index contributed by atoms with van der Waals surface area (Å²) in [5, 5.41) is 4.77. The average Bonchev–Trinajstić information content (AvgIpc) is 3.99. The van der Waals surface area contributed by atoms with Gasteiger partial charge in [0.05, 0.1) is 39.1 Å². The number of pyridine rings is 1. The van der Waals surface area contributed by atoms with Gasteiger partial charge >= 0.3 is 0 Å². The number of ketones is 1. The first kappa shape index (κ1) is 36.1. The molecule has 1 aliphatic rings. The van der Waals surface area contributed by atoms with Gasteiger partial charge in [-0.15, -0.1) is 0 Å². The first-order valence-corrected chi connectivity index (χ1v) is 21.7. The molecule has 12 aromatic rings. The van der Waals surface area contributed by atoms with E-state index >= 15 is 0 Å². The van der Waals surface area contributed by atoms with Crippen LogP contribution in [0.4, 0.5) is 0 Å². The molecule has 4 heteroatoms. The normalized spacial score (nSPS) is 12.1. The standard InChI is InChI=1S/C60H37N3O/c64-60-47-25-14-24-44(42-36-51(38-16-4-1-5-17-38)61-52(37-42)39-18-6-2-7-19-39)58(47)59-48(60)26-15-29-57(59)63-54-28-13-11-23-46(54)50-35-41(31-33-56(50)63)40-30-32-55-49(34-40)45-22-10-12-27-53(45)62(55)43-20-8-3-9-21-43/h1-37H. The molecule has 0 saturated carbocycles. The third-order valence-electron chi connectivity index (χ3n) is 13.1. The summed E-state index contributed by atoms with van der Waals surface area (Å²) in [4.78, 5) is 19.7. The molecule has 0 atom stereocenters. The van der Waals surface area contributed by atoms with Gasteiger partial charge in [0.25, 0.3) is 0 Å². The third kappa shape index (κ3) is 5.49. The molecule has 1 aliphatic carbocycles.